The number of nitrogens with zero attached hydrogens (tertiary/aromatic N) is 3. The van der Waals surface area contributed by atoms with Crippen LogP contribution in [0.15, 0.2) is 91.3 Å². The number of anilines is 1. The number of methoxy groups -OCH3 is 1. The van der Waals surface area contributed by atoms with Gasteiger partial charge in [0.25, 0.3) is 0 Å². The molecule has 0 bridgehead atoms. The summed E-state index contributed by atoms with van der Waals surface area (Å²) < 4.78 is 13.7. The fraction of sp³-hybridized carbons (Fsp3) is 0.214. The lowest BCUT2D eigenvalue weighted by Gasteiger charge is -2.29. The zero-order chi connectivity index (χ0) is 24.4. The number of thiocarbonyl (C=S) groups is 1. The number of aromatic nitrogens is 2. The van der Waals surface area contributed by atoms with E-state index in [1.165, 1.54) is 0 Å². The number of rotatable bonds is 7. The molecule has 0 radical (unpaired) electrons. The Bertz CT molecular complexity index is 1300. The summed E-state index contributed by atoms with van der Waals surface area (Å²) >= 11 is 5.88. The summed E-state index contributed by atoms with van der Waals surface area (Å²) in [5.41, 5.74) is 3.94. The second-order valence-corrected chi connectivity index (χ2v) is 9.02. The fourth-order valence-electron chi connectivity index (χ4n) is 4.57. The van der Waals surface area contributed by atoms with Crippen LogP contribution in [-0.2, 0) is 0 Å². The van der Waals surface area contributed by atoms with Crippen molar-refractivity contribution in [2.75, 3.05) is 12.0 Å². The van der Waals surface area contributed by atoms with Crippen LogP contribution in [0.1, 0.15) is 37.3 Å². The van der Waals surface area contributed by atoms with Crippen molar-refractivity contribution in [3.05, 3.63) is 103 Å². The van der Waals surface area contributed by atoms with Gasteiger partial charge < -0.3 is 24.3 Å². The molecule has 0 amide bonds. The Morgan fingerprint density at radius 3 is 2.43 bits per heavy atom. The number of benzene rings is 2. The van der Waals surface area contributed by atoms with Crippen LogP contribution in [0.4, 0.5) is 5.69 Å². The molecule has 1 saturated heterocycles. The molecule has 35 heavy (non-hydrogen) atoms. The first-order valence-electron chi connectivity index (χ1n) is 11.6. The van der Waals surface area contributed by atoms with Crippen molar-refractivity contribution in [1.82, 2.24) is 14.9 Å². The second kappa shape index (κ2) is 9.80. The maximum atomic E-state index is 5.88. The first kappa shape index (κ1) is 22.9. The number of pyridine rings is 1. The fourth-order valence-corrected chi connectivity index (χ4v) is 4.92. The monoisotopic (exact) mass is 484 g/mol. The minimum Gasteiger partial charge on any atom is -0.495 e. The molecule has 5 rings (SSSR count). The summed E-state index contributed by atoms with van der Waals surface area (Å²) in [6.07, 6.45) is 3.99. The molecule has 0 aliphatic carbocycles. The minimum absolute atomic E-state index is 0.112. The highest BCUT2D eigenvalue weighted by Crippen LogP contribution is 2.43. The second-order valence-electron chi connectivity index (χ2n) is 8.63. The molecule has 1 fully saturated rings. The van der Waals surface area contributed by atoms with Crippen LogP contribution in [0.2, 0.25) is 0 Å². The Balaban J connectivity index is 1.62. The maximum Gasteiger partial charge on any atom is 0.174 e. The highest BCUT2D eigenvalue weighted by molar-refractivity contribution is 7.80. The van der Waals surface area contributed by atoms with Crippen LogP contribution in [0.25, 0.3) is 5.69 Å². The Kier molecular flexibility index (Phi) is 6.42. The van der Waals surface area contributed by atoms with Gasteiger partial charge in [0, 0.05) is 23.8 Å². The first-order valence-corrected chi connectivity index (χ1v) is 12.1. The minimum atomic E-state index is -0.144. The molecule has 3 heterocycles. The van der Waals surface area contributed by atoms with Crippen LogP contribution in [-0.4, -0.2) is 27.9 Å². The number of hydrogen-bond donors (Lipinski definition) is 1. The SMILES string of the molecule is COc1ccccc1-n1cccc1[C@H]1[C@@H](c2ccccn2)NC(=S)N1c1ccc(OC(C)C)cc1. The molecule has 1 N–H and O–H groups in total. The summed E-state index contributed by atoms with van der Waals surface area (Å²) in [5.74, 6) is 1.63. The first-order chi connectivity index (χ1) is 17.1. The van der Waals surface area contributed by atoms with E-state index in [4.69, 9.17) is 21.7 Å². The lowest BCUT2D eigenvalue weighted by molar-refractivity contribution is 0.242. The lowest BCUT2D eigenvalue weighted by atomic mass is 10.0. The van der Waals surface area contributed by atoms with Crippen molar-refractivity contribution in [3.8, 4) is 17.2 Å². The highest BCUT2D eigenvalue weighted by atomic mass is 32.1. The van der Waals surface area contributed by atoms with Crippen LogP contribution in [0.5, 0.6) is 11.5 Å². The third-order valence-electron chi connectivity index (χ3n) is 6.01. The summed E-state index contributed by atoms with van der Waals surface area (Å²) in [4.78, 5) is 6.83. The van der Waals surface area contributed by atoms with Gasteiger partial charge in [-0.05, 0) is 86.7 Å². The van der Waals surface area contributed by atoms with Crippen molar-refractivity contribution in [3.63, 3.8) is 0 Å². The normalized spacial score (nSPS) is 17.5. The predicted octanol–water partition coefficient (Wildman–Crippen LogP) is 5.85. The largest absolute Gasteiger partial charge is 0.495 e. The summed E-state index contributed by atoms with van der Waals surface area (Å²) in [5, 5.41) is 4.18. The molecule has 2 aromatic heterocycles. The Morgan fingerprint density at radius 1 is 0.943 bits per heavy atom. The number of hydrogen-bond acceptors (Lipinski definition) is 4. The quantitative estimate of drug-likeness (QED) is 0.332. The molecule has 0 saturated carbocycles. The van der Waals surface area contributed by atoms with E-state index in [2.05, 4.69) is 56.3 Å². The molecule has 2 atom stereocenters. The van der Waals surface area contributed by atoms with E-state index >= 15 is 0 Å². The smallest absolute Gasteiger partial charge is 0.174 e. The van der Waals surface area contributed by atoms with Gasteiger partial charge in [-0.15, -0.1) is 0 Å². The molecule has 1 aliphatic heterocycles. The van der Waals surface area contributed by atoms with E-state index in [-0.39, 0.29) is 18.2 Å². The molecule has 0 unspecified atom stereocenters. The molecule has 6 nitrogen and oxygen atoms in total. The topological polar surface area (TPSA) is 51.5 Å². The Hall–Kier alpha value is -3.84. The molecule has 2 aromatic carbocycles. The van der Waals surface area contributed by atoms with Gasteiger partial charge in [-0.1, -0.05) is 18.2 Å². The van der Waals surface area contributed by atoms with Gasteiger partial charge in [0.15, 0.2) is 5.11 Å². The Morgan fingerprint density at radius 2 is 1.71 bits per heavy atom. The Labute approximate surface area is 211 Å². The maximum absolute atomic E-state index is 5.88. The van der Waals surface area contributed by atoms with E-state index in [9.17, 15) is 0 Å². The van der Waals surface area contributed by atoms with E-state index in [1.807, 2.05) is 68.6 Å². The summed E-state index contributed by atoms with van der Waals surface area (Å²) in [6, 6.07) is 26.0. The zero-order valence-electron chi connectivity index (χ0n) is 20.0. The van der Waals surface area contributed by atoms with Crippen LogP contribution < -0.4 is 19.7 Å². The van der Waals surface area contributed by atoms with Crippen molar-refractivity contribution < 1.29 is 9.47 Å². The van der Waals surface area contributed by atoms with Crippen molar-refractivity contribution in [1.29, 1.82) is 0 Å². The number of ether oxygens (including phenoxy) is 2. The van der Waals surface area contributed by atoms with E-state index < -0.39 is 0 Å². The average molecular weight is 485 g/mol. The van der Waals surface area contributed by atoms with Gasteiger partial charge in [-0.2, -0.15) is 0 Å². The summed E-state index contributed by atoms with van der Waals surface area (Å²) in [7, 11) is 1.69. The highest BCUT2D eigenvalue weighted by Gasteiger charge is 2.42. The molecule has 4 aromatic rings. The third-order valence-corrected chi connectivity index (χ3v) is 6.33. The van der Waals surface area contributed by atoms with Crippen LogP contribution >= 0.6 is 12.2 Å². The van der Waals surface area contributed by atoms with Gasteiger partial charge in [0.05, 0.1) is 30.6 Å². The molecular weight excluding hydrogens is 456 g/mol. The molecule has 1 aliphatic rings. The third kappa shape index (κ3) is 4.47. The molecule has 7 heteroatoms. The van der Waals surface area contributed by atoms with Gasteiger partial charge >= 0.3 is 0 Å². The average Bonchev–Trinajstić information content (AvgIpc) is 3.49. The van der Waals surface area contributed by atoms with Crippen LogP contribution in [0, 0.1) is 0 Å². The van der Waals surface area contributed by atoms with E-state index in [1.54, 1.807) is 7.11 Å². The van der Waals surface area contributed by atoms with E-state index in [0.717, 1.165) is 34.3 Å². The molecular formula is C28H28N4O2S. The number of para-hydroxylation sites is 2. The lowest BCUT2D eigenvalue weighted by Crippen LogP contribution is -2.30. The standard InChI is InChI=1S/C28H28N4O2S/c1-19(2)34-21-15-13-20(14-16-21)32-27(26(30-28(32)35)22-9-6-7-17-29-22)24-11-8-18-31(24)23-10-4-5-12-25(23)33-3/h4-19,26-27H,1-3H3,(H,30,35)/t26-,27+/m1/s1. The zero-order valence-corrected chi connectivity index (χ0v) is 20.8. The van der Waals surface area contributed by atoms with E-state index in [0.29, 0.717) is 5.11 Å². The van der Waals surface area contributed by atoms with Crippen LogP contribution in [0.3, 0.4) is 0 Å². The van der Waals surface area contributed by atoms with Gasteiger partial charge in [0.1, 0.15) is 17.5 Å². The number of nitrogens with one attached hydrogen (secondary N) is 1. The van der Waals surface area contributed by atoms with Crippen molar-refractivity contribution in [2.24, 2.45) is 0 Å². The van der Waals surface area contributed by atoms with Gasteiger partial charge in [0.2, 0.25) is 0 Å². The van der Waals surface area contributed by atoms with Gasteiger partial charge in [-0.25, -0.2) is 0 Å². The molecule has 178 valence electrons. The van der Waals surface area contributed by atoms with Crippen molar-refractivity contribution >= 4 is 23.0 Å². The molecule has 0 spiro atoms. The predicted molar refractivity (Wildman–Crippen MR) is 142 cm³/mol. The van der Waals surface area contributed by atoms with Gasteiger partial charge in [-0.3, -0.25) is 4.98 Å². The summed E-state index contributed by atoms with van der Waals surface area (Å²) in [6.45, 7) is 4.04. The van der Waals surface area contributed by atoms with Crippen molar-refractivity contribution in [2.45, 2.75) is 32.0 Å².